The van der Waals surface area contributed by atoms with Crippen molar-refractivity contribution in [3.63, 3.8) is 0 Å². The van der Waals surface area contributed by atoms with E-state index in [-0.39, 0.29) is 9.79 Å². The molecule has 0 saturated heterocycles. The van der Waals surface area contributed by atoms with Crippen molar-refractivity contribution in [1.82, 2.24) is 0 Å². The Morgan fingerprint density at radius 1 is 0.750 bits per heavy atom. The van der Waals surface area contributed by atoms with Crippen LogP contribution in [0.1, 0.15) is 18.1 Å². The van der Waals surface area contributed by atoms with E-state index in [1.807, 2.05) is 0 Å². The summed E-state index contributed by atoms with van der Waals surface area (Å²) in [6.07, 6.45) is 0. The van der Waals surface area contributed by atoms with Crippen molar-refractivity contribution in [3.8, 4) is 0 Å². The maximum Gasteiger partial charge on any atom is 0.297 e. The molecule has 2 aromatic rings. The fourth-order valence-electron chi connectivity index (χ4n) is 2.05. The third kappa shape index (κ3) is 5.68. The van der Waals surface area contributed by atoms with Gasteiger partial charge < -0.3 is 0 Å². The predicted molar refractivity (Wildman–Crippen MR) is 103 cm³/mol. The Kier molecular flexibility index (Phi) is 6.71. The maximum atomic E-state index is 12.2. The molecular weight excluding hydrogens is 406 g/mol. The molecule has 0 fully saturated rings. The second-order valence-corrected chi connectivity index (χ2v) is 9.88. The van der Waals surface area contributed by atoms with Crippen molar-refractivity contribution in [2.24, 2.45) is 5.18 Å². The smallest absolute Gasteiger partial charge is 0.264 e. The average Bonchev–Trinajstić information content (AvgIpc) is 2.66. The summed E-state index contributed by atoms with van der Waals surface area (Å²) in [6, 6.07) is 11.9. The molecule has 0 radical (unpaired) electrons. The van der Waals surface area contributed by atoms with Gasteiger partial charge in [-0.25, -0.2) is 0 Å². The van der Waals surface area contributed by atoms with E-state index in [1.54, 1.807) is 38.1 Å². The molecule has 0 amide bonds. The van der Waals surface area contributed by atoms with E-state index in [0.29, 0.717) is 0 Å². The molecule has 152 valence electrons. The van der Waals surface area contributed by atoms with Crippen LogP contribution in [0.5, 0.6) is 0 Å². The lowest BCUT2D eigenvalue weighted by Crippen LogP contribution is -2.36. The Labute approximate surface area is 164 Å². The van der Waals surface area contributed by atoms with Gasteiger partial charge in [0.15, 0.2) is 0 Å². The van der Waals surface area contributed by atoms with E-state index in [2.05, 4.69) is 5.18 Å². The zero-order valence-corrected chi connectivity index (χ0v) is 17.3. The van der Waals surface area contributed by atoms with Crippen LogP contribution in [0.2, 0.25) is 0 Å². The fraction of sp³-hybridized carbons (Fsp3) is 0.333. The van der Waals surface area contributed by atoms with Crippen molar-refractivity contribution in [2.45, 2.75) is 36.1 Å². The van der Waals surface area contributed by atoms with Gasteiger partial charge in [-0.1, -0.05) is 40.6 Å². The minimum Gasteiger partial charge on any atom is -0.264 e. The van der Waals surface area contributed by atoms with Crippen LogP contribution in [-0.4, -0.2) is 35.6 Å². The van der Waals surface area contributed by atoms with Crippen LogP contribution in [0.4, 0.5) is 0 Å². The van der Waals surface area contributed by atoms with Crippen molar-refractivity contribution >= 4 is 20.2 Å². The standard InChI is InChI=1S/C18H21NO7S2/c1-14-4-8-16(9-5-14)27(21,22)25-12-18(3,19-20)13-26-28(23,24)17-10-6-15(2)7-11-17/h4-11H,12-13H2,1-3H3. The normalized spacial score (nSPS) is 12.7. The molecule has 0 unspecified atom stereocenters. The molecule has 0 aromatic heterocycles. The highest BCUT2D eigenvalue weighted by Crippen LogP contribution is 2.21. The quantitative estimate of drug-likeness (QED) is 0.446. The Morgan fingerprint density at radius 2 is 1.07 bits per heavy atom. The van der Waals surface area contributed by atoms with Crippen LogP contribution >= 0.6 is 0 Å². The SMILES string of the molecule is Cc1ccc(S(=O)(=O)OCC(C)(COS(=O)(=O)c2ccc(C)cc2)N=O)cc1. The van der Waals surface area contributed by atoms with Gasteiger partial charge in [-0.2, -0.15) is 21.7 Å². The molecule has 0 aliphatic rings. The van der Waals surface area contributed by atoms with Gasteiger partial charge >= 0.3 is 0 Å². The highest BCUT2D eigenvalue weighted by atomic mass is 32.2. The summed E-state index contributed by atoms with van der Waals surface area (Å²) < 4.78 is 58.7. The number of hydrogen-bond donors (Lipinski definition) is 0. The van der Waals surface area contributed by atoms with Crippen LogP contribution < -0.4 is 0 Å². The number of nitrogens with zero attached hydrogens (tertiary/aromatic N) is 1. The van der Waals surface area contributed by atoms with Gasteiger partial charge in [0.2, 0.25) is 0 Å². The van der Waals surface area contributed by atoms with Crippen LogP contribution in [0.3, 0.4) is 0 Å². The van der Waals surface area contributed by atoms with Gasteiger partial charge in [0.25, 0.3) is 20.2 Å². The first-order valence-electron chi connectivity index (χ1n) is 8.24. The summed E-state index contributed by atoms with van der Waals surface area (Å²) in [5.41, 5.74) is 0.0105. The van der Waals surface area contributed by atoms with Crippen LogP contribution in [0, 0.1) is 18.8 Å². The Bertz CT molecular complexity index is 949. The van der Waals surface area contributed by atoms with Gasteiger partial charge in [-0.3, -0.25) is 8.37 Å². The van der Waals surface area contributed by atoms with Crippen LogP contribution in [0.25, 0.3) is 0 Å². The molecule has 28 heavy (non-hydrogen) atoms. The summed E-state index contributed by atoms with van der Waals surface area (Å²) in [6.45, 7) is 3.51. The number of benzene rings is 2. The van der Waals surface area contributed by atoms with E-state index in [0.717, 1.165) is 11.1 Å². The van der Waals surface area contributed by atoms with Crippen LogP contribution in [-0.2, 0) is 28.6 Å². The first kappa shape index (κ1) is 22.2. The minimum atomic E-state index is -4.13. The van der Waals surface area contributed by atoms with Crippen molar-refractivity contribution < 1.29 is 25.2 Å². The predicted octanol–water partition coefficient (Wildman–Crippen LogP) is 2.94. The number of aryl methyl sites for hydroxylation is 2. The van der Waals surface area contributed by atoms with Gasteiger partial charge in [0.1, 0.15) is 5.54 Å². The summed E-state index contributed by atoms with van der Waals surface area (Å²) in [7, 11) is -8.27. The molecule has 2 rings (SSSR count). The van der Waals surface area contributed by atoms with Crippen LogP contribution in [0.15, 0.2) is 63.5 Å². The summed E-state index contributed by atoms with van der Waals surface area (Å²) in [5.74, 6) is 0. The molecule has 10 heteroatoms. The molecule has 0 atom stereocenters. The van der Waals surface area contributed by atoms with Gasteiger partial charge in [0.05, 0.1) is 23.0 Å². The fourth-order valence-corrected chi connectivity index (χ4v) is 4.08. The molecule has 0 aliphatic heterocycles. The summed E-state index contributed by atoms with van der Waals surface area (Å²) >= 11 is 0. The lowest BCUT2D eigenvalue weighted by Gasteiger charge is -2.20. The van der Waals surface area contributed by atoms with Gasteiger partial charge in [0, 0.05) is 0 Å². The highest BCUT2D eigenvalue weighted by Gasteiger charge is 2.32. The topological polar surface area (TPSA) is 116 Å². The van der Waals surface area contributed by atoms with Gasteiger partial charge in [-0.05, 0) is 45.0 Å². The van der Waals surface area contributed by atoms with Gasteiger partial charge in [-0.15, -0.1) is 0 Å². The molecule has 0 heterocycles. The largest absolute Gasteiger partial charge is 0.297 e. The highest BCUT2D eigenvalue weighted by molar-refractivity contribution is 7.87. The third-order valence-corrected chi connectivity index (χ3v) is 6.45. The Hall–Kier alpha value is -2.14. The third-order valence-electron chi connectivity index (χ3n) is 3.89. The molecule has 0 bridgehead atoms. The molecule has 0 N–H and O–H groups in total. The van der Waals surface area contributed by atoms with E-state index in [9.17, 15) is 21.7 Å². The molecule has 0 saturated carbocycles. The number of hydrogen-bond acceptors (Lipinski definition) is 8. The molecular formula is C18H21NO7S2. The van der Waals surface area contributed by atoms with Crippen molar-refractivity contribution in [3.05, 3.63) is 64.6 Å². The van der Waals surface area contributed by atoms with E-state index < -0.39 is 39.0 Å². The van der Waals surface area contributed by atoms with Crippen molar-refractivity contribution in [1.29, 1.82) is 0 Å². The lowest BCUT2D eigenvalue weighted by atomic mass is 10.1. The molecule has 0 spiro atoms. The maximum absolute atomic E-state index is 12.2. The summed E-state index contributed by atoms with van der Waals surface area (Å²) in [4.78, 5) is 11.1. The first-order valence-corrected chi connectivity index (χ1v) is 11.1. The van der Waals surface area contributed by atoms with Crippen molar-refractivity contribution in [2.75, 3.05) is 13.2 Å². The molecule has 0 aliphatic carbocycles. The average molecular weight is 428 g/mol. The minimum absolute atomic E-state index is 0.0838. The van der Waals surface area contributed by atoms with E-state index >= 15 is 0 Å². The van der Waals surface area contributed by atoms with E-state index in [4.69, 9.17) is 8.37 Å². The molecule has 2 aromatic carbocycles. The Morgan fingerprint density at radius 3 is 1.36 bits per heavy atom. The molecule has 8 nitrogen and oxygen atoms in total. The zero-order valence-electron chi connectivity index (χ0n) is 15.7. The second kappa shape index (κ2) is 8.48. The summed E-state index contributed by atoms with van der Waals surface area (Å²) in [5, 5.41) is 2.81. The Balaban J connectivity index is 2.07. The number of nitroso groups, excluding NO2 is 1. The lowest BCUT2D eigenvalue weighted by molar-refractivity contribution is 0.167. The zero-order chi connectivity index (χ0) is 21.0. The van der Waals surface area contributed by atoms with E-state index in [1.165, 1.54) is 31.2 Å². The number of rotatable bonds is 9. The monoisotopic (exact) mass is 427 g/mol. The first-order chi connectivity index (χ1) is 13.0. The second-order valence-electron chi connectivity index (χ2n) is 6.65.